The van der Waals surface area contributed by atoms with Gasteiger partial charge in [0.15, 0.2) is 0 Å². The van der Waals surface area contributed by atoms with Crippen molar-refractivity contribution >= 4 is 34.3 Å². The van der Waals surface area contributed by atoms with E-state index in [4.69, 9.17) is 35.9 Å². The summed E-state index contributed by atoms with van der Waals surface area (Å²) in [5, 5.41) is 19.4. The van der Waals surface area contributed by atoms with Gasteiger partial charge in [-0.3, -0.25) is 14.3 Å². The number of nitrogens with one attached hydrogen (secondary N) is 4. The van der Waals surface area contributed by atoms with Gasteiger partial charge in [-0.1, -0.05) is 54.1 Å². The Morgan fingerprint density at radius 3 is 2.06 bits per heavy atom. The third-order valence-electron chi connectivity index (χ3n) is 10.0. The van der Waals surface area contributed by atoms with E-state index in [1.807, 2.05) is 60.3 Å². The van der Waals surface area contributed by atoms with Crippen molar-refractivity contribution < 1.29 is 23.8 Å². The molecule has 0 saturated carbocycles. The zero-order valence-electron chi connectivity index (χ0n) is 30.3. The highest BCUT2D eigenvalue weighted by molar-refractivity contribution is 6.36. The lowest BCUT2D eigenvalue weighted by Gasteiger charge is -2.17. The van der Waals surface area contributed by atoms with E-state index in [9.17, 15) is 9.59 Å². The van der Waals surface area contributed by atoms with Crippen LogP contribution in [-0.4, -0.2) is 73.1 Å². The molecule has 0 spiro atoms. The molecule has 2 aliphatic rings. The van der Waals surface area contributed by atoms with Crippen molar-refractivity contribution in [2.45, 2.75) is 50.9 Å². The van der Waals surface area contributed by atoms with Gasteiger partial charge in [0.25, 0.3) is 0 Å². The molecule has 2 fully saturated rings. The summed E-state index contributed by atoms with van der Waals surface area (Å²) in [5.41, 5.74) is 7.63. The number of hydrogen-bond acceptors (Lipinski definition) is 9. The fourth-order valence-electron chi connectivity index (χ4n) is 7.34. The van der Waals surface area contributed by atoms with Crippen molar-refractivity contribution in [2.24, 2.45) is 7.05 Å². The number of carbonyl (C=O) groups excluding carboxylic acids is 2. The van der Waals surface area contributed by atoms with Crippen LogP contribution in [0.15, 0.2) is 60.7 Å². The first kappa shape index (κ1) is 36.2. The quantitative estimate of drug-likeness (QED) is 0.118. The third kappa shape index (κ3) is 7.53. The second kappa shape index (κ2) is 15.8. The molecule has 276 valence electrons. The summed E-state index contributed by atoms with van der Waals surface area (Å²) < 4.78 is 19.3. The van der Waals surface area contributed by atoms with Crippen LogP contribution in [0.4, 0.5) is 0 Å². The van der Waals surface area contributed by atoms with Crippen LogP contribution in [-0.2, 0) is 29.7 Å². The van der Waals surface area contributed by atoms with Gasteiger partial charge in [0.2, 0.25) is 17.7 Å². The van der Waals surface area contributed by atoms with E-state index >= 15 is 0 Å². The molecule has 0 bridgehead atoms. The monoisotopic (exact) mass is 737 g/mol. The first-order valence-electron chi connectivity index (χ1n) is 17.8. The number of aryl methyl sites for hydroxylation is 1. The molecule has 7 rings (SSSR count). The number of rotatable bonds is 14. The summed E-state index contributed by atoms with van der Waals surface area (Å²) in [6.07, 6.45) is 2.80. The van der Waals surface area contributed by atoms with Crippen molar-refractivity contribution in [1.29, 1.82) is 0 Å². The van der Waals surface area contributed by atoms with Crippen molar-refractivity contribution in [3.8, 4) is 51.0 Å². The minimum absolute atomic E-state index is 0.0955. The molecule has 0 radical (unpaired) electrons. The van der Waals surface area contributed by atoms with E-state index in [-0.39, 0.29) is 23.9 Å². The molecule has 5 aromatic rings. The molecule has 53 heavy (non-hydrogen) atoms. The lowest BCUT2D eigenvalue weighted by Crippen LogP contribution is -2.35. The summed E-state index contributed by atoms with van der Waals surface area (Å²) in [4.78, 5) is 28.0. The number of para-hydroxylation sites is 1. The standard InChI is InChI=1S/C40H44ClN7O5/c1-48-39-28(27-7-5-9-29(37(27)41)32-14-11-23(40(46-32)53-4)19-42-20-25-12-15-35(49)44-25)8-6-10-30(39)38(47-48)24-17-33(51-2)31(34(18-24)52-3)22-43-21-26-13-16-36(50)45-26/h5-11,14,17-18,25-26,42-43H,12-13,15-16,19-22H2,1-4H3,(H,44,49)(H,45,50)/t25-,26-/m0/s1. The van der Waals surface area contributed by atoms with Crippen molar-refractivity contribution in [3.05, 3.63) is 76.8 Å². The van der Waals surface area contributed by atoms with Gasteiger partial charge in [-0.15, -0.1) is 0 Å². The Kier molecular flexibility index (Phi) is 10.8. The van der Waals surface area contributed by atoms with E-state index in [1.165, 1.54) is 0 Å². The number of nitrogens with zero attached hydrogens (tertiary/aromatic N) is 3. The van der Waals surface area contributed by atoms with Crippen molar-refractivity contribution in [2.75, 3.05) is 34.4 Å². The topological polar surface area (TPSA) is 141 Å². The molecule has 2 aliphatic heterocycles. The largest absolute Gasteiger partial charge is 0.496 e. The van der Waals surface area contributed by atoms with Gasteiger partial charge in [0, 0.05) is 96.9 Å². The zero-order chi connectivity index (χ0) is 37.1. The number of hydrogen-bond donors (Lipinski definition) is 4. The predicted octanol–water partition coefficient (Wildman–Crippen LogP) is 5.38. The van der Waals surface area contributed by atoms with Crippen molar-refractivity contribution in [1.82, 2.24) is 36.0 Å². The number of fused-ring (bicyclic) bond motifs is 1. The predicted molar refractivity (Wildman–Crippen MR) is 205 cm³/mol. The van der Waals surface area contributed by atoms with E-state index in [0.29, 0.717) is 67.1 Å². The van der Waals surface area contributed by atoms with Gasteiger partial charge in [-0.05, 0) is 31.0 Å². The highest BCUT2D eigenvalue weighted by Gasteiger charge is 2.24. The number of benzene rings is 3. The lowest BCUT2D eigenvalue weighted by atomic mass is 9.97. The highest BCUT2D eigenvalue weighted by Crippen LogP contribution is 2.42. The molecule has 2 atom stereocenters. The molecule has 12 nitrogen and oxygen atoms in total. The van der Waals surface area contributed by atoms with Crippen LogP contribution in [0.3, 0.4) is 0 Å². The van der Waals surface area contributed by atoms with Crippen molar-refractivity contribution in [3.63, 3.8) is 0 Å². The highest BCUT2D eigenvalue weighted by atomic mass is 35.5. The molecule has 0 unspecified atom stereocenters. The number of ether oxygens (including phenoxy) is 3. The Morgan fingerprint density at radius 2 is 1.43 bits per heavy atom. The first-order valence-corrected chi connectivity index (χ1v) is 18.2. The minimum Gasteiger partial charge on any atom is -0.496 e. The number of halogens is 1. The molecule has 4 N–H and O–H groups in total. The minimum atomic E-state index is 0.0955. The maximum absolute atomic E-state index is 11.6. The molecule has 4 heterocycles. The average molecular weight is 738 g/mol. The van der Waals surface area contributed by atoms with Crippen LogP contribution >= 0.6 is 11.6 Å². The van der Waals surface area contributed by atoms with Crippen LogP contribution in [0, 0.1) is 0 Å². The number of methoxy groups -OCH3 is 3. The van der Waals surface area contributed by atoms with Gasteiger partial charge >= 0.3 is 0 Å². The van der Waals surface area contributed by atoms with Crippen LogP contribution < -0.4 is 35.5 Å². The molecule has 0 aliphatic carbocycles. The smallest absolute Gasteiger partial charge is 0.220 e. The Labute approximate surface area is 313 Å². The molecular formula is C40H44ClN7O5. The van der Waals surface area contributed by atoms with E-state index in [0.717, 1.165) is 62.8 Å². The second-order valence-corrected chi connectivity index (χ2v) is 13.8. The lowest BCUT2D eigenvalue weighted by molar-refractivity contribution is -0.120. The molecular weight excluding hydrogens is 694 g/mol. The summed E-state index contributed by atoms with van der Waals surface area (Å²) in [5.74, 6) is 2.07. The number of amides is 2. The van der Waals surface area contributed by atoms with Gasteiger partial charge in [-0.25, -0.2) is 4.98 Å². The fraction of sp³-hybridized carbons (Fsp3) is 0.350. The van der Waals surface area contributed by atoms with E-state index < -0.39 is 0 Å². The SMILES string of the molecule is COc1cc(-c2nn(C)c3c(-c4cccc(-c5ccc(CNC[C@@H]6CCC(=O)N6)c(OC)n5)c4Cl)cccc23)cc(OC)c1CNC[C@@H]1CCC(=O)N1. The maximum Gasteiger partial charge on any atom is 0.220 e. The Balaban J connectivity index is 1.17. The van der Waals surface area contributed by atoms with Gasteiger partial charge in [0.05, 0.1) is 37.6 Å². The van der Waals surface area contributed by atoms with E-state index in [2.05, 4.69) is 33.4 Å². The molecule has 13 heteroatoms. The second-order valence-electron chi connectivity index (χ2n) is 13.4. The summed E-state index contributed by atoms with van der Waals surface area (Å²) in [6, 6.07) is 20.3. The summed E-state index contributed by atoms with van der Waals surface area (Å²) in [6.45, 7) is 2.41. The number of aromatic nitrogens is 3. The molecule has 2 saturated heterocycles. The summed E-state index contributed by atoms with van der Waals surface area (Å²) in [7, 11) is 6.84. The zero-order valence-corrected chi connectivity index (χ0v) is 31.1. The average Bonchev–Trinajstić information content (AvgIpc) is 3.89. The third-order valence-corrected chi connectivity index (χ3v) is 10.4. The van der Waals surface area contributed by atoms with E-state index in [1.54, 1.807) is 21.3 Å². The number of carbonyl (C=O) groups is 2. The Hall–Kier alpha value is -5.17. The first-order chi connectivity index (χ1) is 25.8. The summed E-state index contributed by atoms with van der Waals surface area (Å²) >= 11 is 7.23. The Morgan fingerprint density at radius 1 is 0.811 bits per heavy atom. The van der Waals surface area contributed by atoms with Gasteiger partial charge in [0.1, 0.15) is 17.2 Å². The fourth-order valence-corrected chi connectivity index (χ4v) is 7.67. The van der Waals surface area contributed by atoms with Gasteiger partial charge in [-0.2, -0.15) is 5.10 Å². The van der Waals surface area contributed by atoms with Crippen LogP contribution in [0.5, 0.6) is 17.4 Å². The molecule has 2 aromatic heterocycles. The number of pyridine rings is 1. The normalized spacial score (nSPS) is 16.9. The molecule has 2 amide bonds. The van der Waals surface area contributed by atoms with Crippen LogP contribution in [0.1, 0.15) is 36.8 Å². The molecule has 3 aromatic carbocycles. The van der Waals surface area contributed by atoms with Crippen LogP contribution in [0.2, 0.25) is 5.02 Å². The van der Waals surface area contributed by atoms with Crippen LogP contribution in [0.25, 0.3) is 44.5 Å². The Bertz CT molecular complexity index is 2140. The van der Waals surface area contributed by atoms with Gasteiger partial charge < -0.3 is 35.5 Å². The maximum atomic E-state index is 11.6.